The number of nitrogens with zero attached hydrogens (tertiary/aromatic N) is 2. The highest BCUT2D eigenvalue weighted by Crippen LogP contribution is 2.32. The number of aliphatic carboxylic acids is 1. The SMILES string of the molecule is NC(CCCCB(O)O)(C(=O)O)C1CCN(c2ccc(Cl)cn2)CC1. The first-order valence-electron chi connectivity index (χ1n) is 8.58. The largest absolute Gasteiger partial charge is 0.480 e. The molecule has 1 aliphatic rings. The Hall–Kier alpha value is -1.35. The van der Waals surface area contributed by atoms with Crippen molar-refractivity contribution < 1.29 is 19.9 Å². The molecular weight excluding hydrogens is 344 g/mol. The molecule has 2 rings (SSSR count). The van der Waals surface area contributed by atoms with E-state index in [1.807, 2.05) is 6.07 Å². The van der Waals surface area contributed by atoms with Crippen LogP contribution in [0.4, 0.5) is 5.82 Å². The Kier molecular flexibility index (Phi) is 7.07. The molecule has 25 heavy (non-hydrogen) atoms. The Morgan fingerprint density at radius 2 is 2.04 bits per heavy atom. The van der Waals surface area contributed by atoms with Crippen LogP contribution in [-0.2, 0) is 4.79 Å². The van der Waals surface area contributed by atoms with Gasteiger partial charge in [-0.05, 0) is 43.6 Å². The van der Waals surface area contributed by atoms with Crippen molar-refractivity contribution in [3.05, 3.63) is 23.4 Å². The average Bonchev–Trinajstić information content (AvgIpc) is 2.59. The summed E-state index contributed by atoms with van der Waals surface area (Å²) in [6, 6.07) is 3.64. The van der Waals surface area contributed by atoms with Gasteiger partial charge in [0, 0.05) is 19.3 Å². The van der Waals surface area contributed by atoms with E-state index in [1.54, 1.807) is 12.3 Å². The minimum atomic E-state index is -1.35. The van der Waals surface area contributed by atoms with Gasteiger partial charge >= 0.3 is 13.1 Å². The summed E-state index contributed by atoms with van der Waals surface area (Å²) >= 11 is 5.85. The van der Waals surface area contributed by atoms with E-state index in [-0.39, 0.29) is 12.2 Å². The second-order valence-corrected chi connectivity index (χ2v) is 7.10. The van der Waals surface area contributed by atoms with E-state index < -0.39 is 18.6 Å². The molecule has 1 aromatic rings. The molecule has 9 heteroatoms. The fourth-order valence-corrected chi connectivity index (χ4v) is 3.52. The molecule has 0 aromatic carbocycles. The summed E-state index contributed by atoms with van der Waals surface area (Å²) in [7, 11) is -1.35. The van der Waals surface area contributed by atoms with Crippen LogP contribution in [0.5, 0.6) is 0 Å². The van der Waals surface area contributed by atoms with Crippen LogP contribution in [0.25, 0.3) is 0 Å². The summed E-state index contributed by atoms with van der Waals surface area (Å²) < 4.78 is 0. The Morgan fingerprint density at radius 1 is 1.36 bits per heavy atom. The fourth-order valence-electron chi connectivity index (χ4n) is 3.41. The van der Waals surface area contributed by atoms with Gasteiger partial charge in [0.05, 0.1) is 5.02 Å². The van der Waals surface area contributed by atoms with Crippen molar-refractivity contribution in [3.8, 4) is 0 Å². The van der Waals surface area contributed by atoms with Gasteiger partial charge < -0.3 is 25.8 Å². The van der Waals surface area contributed by atoms with Crippen LogP contribution in [0.3, 0.4) is 0 Å². The van der Waals surface area contributed by atoms with Crippen molar-refractivity contribution in [2.75, 3.05) is 18.0 Å². The molecule has 1 aliphatic heterocycles. The van der Waals surface area contributed by atoms with Crippen LogP contribution >= 0.6 is 11.6 Å². The Labute approximate surface area is 152 Å². The highest BCUT2D eigenvalue weighted by molar-refractivity contribution is 6.40. The number of anilines is 1. The number of unbranched alkanes of at least 4 members (excludes halogenated alkanes) is 1. The van der Waals surface area contributed by atoms with Crippen molar-refractivity contribution in [1.82, 2.24) is 4.98 Å². The number of carbonyl (C=O) groups is 1. The predicted octanol–water partition coefficient (Wildman–Crippen LogP) is 1.38. The monoisotopic (exact) mass is 369 g/mol. The first-order chi connectivity index (χ1) is 11.8. The third-order valence-corrected chi connectivity index (χ3v) is 5.18. The van der Waals surface area contributed by atoms with Crippen LogP contribution < -0.4 is 10.6 Å². The fraction of sp³-hybridized carbons (Fsp3) is 0.625. The van der Waals surface area contributed by atoms with Crippen molar-refractivity contribution in [2.24, 2.45) is 11.7 Å². The van der Waals surface area contributed by atoms with E-state index in [1.165, 1.54) is 0 Å². The number of carboxylic acids is 1. The molecule has 1 atom stereocenters. The summed E-state index contributed by atoms with van der Waals surface area (Å²) in [5, 5.41) is 28.0. The molecule has 0 aliphatic carbocycles. The van der Waals surface area contributed by atoms with E-state index in [2.05, 4.69) is 9.88 Å². The molecule has 0 spiro atoms. The van der Waals surface area contributed by atoms with Crippen LogP contribution in [0.2, 0.25) is 11.3 Å². The van der Waals surface area contributed by atoms with Crippen LogP contribution in [-0.4, -0.2) is 51.9 Å². The summed E-state index contributed by atoms with van der Waals surface area (Å²) in [6.45, 7) is 1.39. The Bertz CT molecular complexity index is 567. The molecule has 1 unspecified atom stereocenters. The van der Waals surface area contributed by atoms with Gasteiger partial charge in [-0.2, -0.15) is 0 Å². The molecular formula is C16H25BClN3O4. The standard InChI is InChI=1S/C16H25BClN3O4/c18-13-3-4-14(20-11-13)21-9-5-12(6-10-21)16(19,15(22)23)7-1-2-8-17(24)25/h3-4,11-12,24-25H,1-2,5-10,19H2,(H,22,23). The van der Waals surface area contributed by atoms with Crippen molar-refractivity contribution >= 4 is 30.5 Å². The lowest BCUT2D eigenvalue weighted by molar-refractivity contribution is -0.146. The summed E-state index contributed by atoms with van der Waals surface area (Å²) in [5.74, 6) is -0.273. The lowest BCUT2D eigenvalue weighted by Crippen LogP contribution is -2.57. The number of aromatic nitrogens is 1. The summed E-state index contributed by atoms with van der Waals surface area (Å²) in [6.07, 6.45) is 4.61. The number of nitrogens with two attached hydrogens (primary N) is 1. The highest BCUT2D eigenvalue weighted by Gasteiger charge is 2.43. The number of hydrogen-bond acceptors (Lipinski definition) is 6. The lowest BCUT2D eigenvalue weighted by atomic mass is 9.74. The van der Waals surface area contributed by atoms with Crippen molar-refractivity contribution in [1.29, 1.82) is 0 Å². The van der Waals surface area contributed by atoms with Crippen LogP contribution in [0.15, 0.2) is 18.3 Å². The van der Waals surface area contributed by atoms with E-state index in [9.17, 15) is 9.90 Å². The predicted molar refractivity (Wildman–Crippen MR) is 97.6 cm³/mol. The maximum atomic E-state index is 11.8. The first kappa shape index (κ1) is 20.0. The summed E-state index contributed by atoms with van der Waals surface area (Å²) in [4.78, 5) is 18.2. The Morgan fingerprint density at radius 3 is 2.56 bits per heavy atom. The first-order valence-corrected chi connectivity index (χ1v) is 8.95. The topological polar surface area (TPSA) is 120 Å². The Balaban J connectivity index is 1.92. The zero-order valence-electron chi connectivity index (χ0n) is 14.1. The molecule has 1 fully saturated rings. The zero-order chi connectivity index (χ0) is 18.4. The molecule has 0 radical (unpaired) electrons. The van der Waals surface area contributed by atoms with Crippen LogP contribution in [0.1, 0.15) is 32.1 Å². The normalized spacial score (nSPS) is 18.0. The number of pyridine rings is 1. The van der Waals surface area contributed by atoms with E-state index in [0.717, 1.165) is 5.82 Å². The zero-order valence-corrected chi connectivity index (χ0v) is 14.9. The molecule has 0 saturated carbocycles. The van der Waals surface area contributed by atoms with Gasteiger partial charge in [-0.1, -0.05) is 24.4 Å². The quantitative estimate of drug-likeness (QED) is 0.403. The number of carboxylic acid groups (broad SMARTS) is 1. The maximum absolute atomic E-state index is 11.8. The second-order valence-electron chi connectivity index (χ2n) is 6.67. The minimum Gasteiger partial charge on any atom is -0.480 e. The van der Waals surface area contributed by atoms with Gasteiger partial charge in [-0.25, -0.2) is 4.98 Å². The second kappa shape index (κ2) is 8.85. The van der Waals surface area contributed by atoms with Gasteiger partial charge in [0.2, 0.25) is 0 Å². The molecule has 2 heterocycles. The van der Waals surface area contributed by atoms with Gasteiger partial charge in [0.25, 0.3) is 0 Å². The average molecular weight is 370 g/mol. The smallest absolute Gasteiger partial charge is 0.451 e. The van der Waals surface area contributed by atoms with E-state index in [0.29, 0.717) is 50.2 Å². The van der Waals surface area contributed by atoms with E-state index >= 15 is 0 Å². The molecule has 0 amide bonds. The molecule has 5 N–H and O–H groups in total. The van der Waals surface area contributed by atoms with Gasteiger partial charge in [0.15, 0.2) is 0 Å². The van der Waals surface area contributed by atoms with Crippen molar-refractivity contribution in [2.45, 2.75) is 44.0 Å². The summed E-state index contributed by atoms with van der Waals surface area (Å²) in [5.41, 5.74) is 4.98. The molecule has 1 aromatic heterocycles. The number of rotatable bonds is 8. The van der Waals surface area contributed by atoms with Crippen LogP contribution in [0, 0.1) is 5.92 Å². The molecule has 7 nitrogen and oxygen atoms in total. The minimum absolute atomic E-state index is 0.118. The third kappa shape index (κ3) is 5.31. The highest BCUT2D eigenvalue weighted by atomic mass is 35.5. The molecule has 1 saturated heterocycles. The lowest BCUT2D eigenvalue weighted by Gasteiger charge is -2.40. The number of hydrogen-bond donors (Lipinski definition) is 4. The number of halogens is 1. The van der Waals surface area contributed by atoms with E-state index in [4.69, 9.17) is 27.4 Å². The van der Waals surface area contributed by atoms with Gasteiger partial charge in [-0.15, -0.1) is 0 Å². The van der Waals surface area contributed by atoms with Gasteiger partial charge in [-0.3, -0.25) is 4.79 Å². The molecule has 0 bridgehead atoms. The van der Waals surface area contributed by atoms with Crippen molar-refractivity contribution in [3.63, 3.8) is 0 Å². The van der Waals surface area contributed by atoms with Gasteiger partial charge in [0.1, 0.15) is 11.4 Å². The maximum Gasteiger partial charge on any atom is 0.451 e. The third-order valence-electron chi connectivity index (χ3n) is 4.96. The molecule has 138 valence electrons. The number of piperidine rings is 1.